The average Bonchev–Trinajstić information content (AvgIpc) is 3.37. The summed E-state index contributed by atoms with van der Waals surface area (Å²) in [5.74, 6) is 0.189. The number of rotatable bonds is 4. The Morgan fingerprint density at radius 1 is 0.475 bits per heavy atom. The van der Waals surface area contributed by atoms with Gasteiger partial charge in [-0.25, -0.2) is 0 Å². The van der Waals surface area contributed by atoms with Gasteiger partial charge in [-0.2, -0.15) is 0 Å². The van der Waals surface area contributed by atoms with E-state index in [4.69, 9.17) is 0 Å². The minimum atomic E-state index is -1.06. The fourth-order valence-electron chi connectivity index (χ4n) is 9.13. The summed E-state index contributed by atoms with van der Waals surface area (Å²) in [5, 5.41) is 0. The average molecular weight is 521 g/mol. The van der Waals surface area contributed by atoms with Gasteiger partial charge in [0.25, 0.3) is 0 Å². The Morgan fingerprint density at radius 2 is 0.850 bits per heavy atom. The Hall–Kier alpha value is -4.30. The van der Waals surface area contributed by atoms with E-state index in [1.807, 2.05) is 79.7 Å². The maximum absolute atomic E-state index is 15.4. The second-order valence-electron chi connectivity index (χ2n) is 12.0. The van der Waals surface area contributed by atoms with Crippen LogP contribution in [0.2, 0.25) is 0 Å². The Bertz CT molecular complexity index is 1750. The van der Waals surface area contributed by atoms with Gasteiger partial charge in [0.15, 0.2) is 11.6 Å². The monoisotopic (exact) mass is 520 g/mol. The van der Waals surface area contributed by atoms with Gasteiger partial charge in [0.05, 0.1) is 21.7 Å². The summed E-state index contributed by atoms with van der Waals surface area (Å²) < 4.78 is 0. The predicted molar refractivity (Wildman–Crippen MR) is 161 cm³/mol. The molecule has 3 aliphatic carbocycles. The van der Waals surface area contributed by atoms with Crippen molar-refractivity contribution in [3.8, 4) is 0 Å². The highest BCUT2D eigenvalue weighted by Gasteiger charge is 2.88. The van der Waals surface area contributed by atoms with Crippen molar-refractivity contribution in [2.45, 2.75) is 33.1 Å². The summed E-state index contributed by atoms with van der Waals surface area (Å²) in [4.78, 5) is 30.3. The number of Topliss-reactive ketones (excluding diaryl/α,β-unsaturated/α-hetero) is 2. The Morgan fingerprint density at radius 3 is 1.30 bits per heavy atom. The minimum absolute atomic E-state index is 0.0651. The van der Waals surface area contributed by atoms with Crippen molar-refractivity contribution in [3.63, 3.8) is 0 Å². The number of ketones is 2. The van der Waals surface area contributed by atoms with Gasteiger partial charge < -0.3 is 0 Å². The van der Waals surface area contributed by atoms with Gasteiger partial charge in [0.1, 0.15) is 0 Å². The van der Waals surface area contributed by atoms with E-state index in [-0.39, 0.29) is 11.6 Å². The maximum Gasteiger partial charge on any atom is 0.167 e. The van der Waals surface area contributed by atoms with Crippen LogP contribution in [0.5, 0.6) is 0 Å². The molecule has 0 radical (unpaired) electrons. The lowest BCUT2D eigenvalue weighted by molar-refractivity contribution is -0.134. The summed E-state index contributed by atoms with van der Waals surface area (Å²) in [6.07, 6.45) is 0. The van der Waals surface area contributed by atoms with Crippen molar-refractivity contribution in [3.05, 3.63) is 149 Å². The van der Waals surface area contributed by atoms with E-state index in [0.717, 1.165) is 44.5 Å². The molecule has 0 unspecified atom stereocenters. The summed E-state index contributed by atoms with van der Waals surface area (Å²) in [6, 6.07) is 41.1. The molecule has 0 aliphatic heterocycles. The van der Waals surface area contributed by atoms with Gasteiger partial charge in [0, 0.05) is 0 Å². The van der Waals surface area contributed by atoms with E-state index in [9.17, 15) is 4.79 Å². The second kappa shape index (κ2) is 8.11. The first-order chi connectivity index (χ1) is 19.3. The quantitative estimate of drug-likeness (QED) is 0.272. The molecule has 2 nitrogen and oxygen atoms in total. The normalized spacial score (nSPS) is 30.8. The number of hydrogen-bond donors (Lipinski definition) is 0. The lowest BCUT2D eigenvalue weighted by Gasteiger charge is -2.55. The van der Waals surface area contributed by atoms with E-state index < -0.39 is 21.7 Å². The molecule has 0 saturated heterocycles. The van der Waals surface area contributed by atoms with Gasteiger partial charge in [-0.3, -0.25) is 9.59 Å². The third-order valence-corrected chi connectivity index (χ3v) is 10.6. The van der Waals surface area contributed by atoms with Crippen LogP contribution >= 0.6 is 0 Å². The van der Waals surface area contributed by atoms with Crippen molar-refractivity contribution in [2.24, 2.45) is 16.2 Å². The second-order valence-corrected chi connectivity index (χ2v) is 12.0. The SMILES string of the molecule is CC1=C(c2ccccc2)[C@@]2(c3ccccc3)[C@@]3(C)C(=O)[C@](C)(C(c4ccccc4)=C3c3ccccc3)[C@]2(C)C1=O. The zero-order valence-corrected chi connectivity index (χ0v) is 23.4. The zero-order chi connectivity index (χ0) is 27.9. The smallest absolute Gasteiger partial charge is 0.167 e. The van der Waals surface area contributed by atoms with Gasteiger partial charge in [0.2, 0.25) is 0 Å². The molecule has 0 heterocycles. The first-order valence-corrected chi connectivity index (χ1v) is 14.1. The van der Waals surface area contributed by atoms with Crippen LogP contribution in [-0.4, -0.2) is 11.6 Å². The van der Waals surface area contributed by atoms with Crippen molar-refractivity contribution in [1.29, 1.82) is 0 Å². The predicted octanol–water partition coefficient (Wildman–Crippen LogP) is 8.21. The summed E-state index contributed by atoms with van der Waals surface area (Å²) in [5.41, 5.74) is 3.79. The summed E-state index contributed by atoms with van der Waals surface area (Å²) in [6.45, 7) is 8.23. The van der Waals surface area contributed by atoms with Crippen LogP contribution in [0.25, 0.3) is 16.7 Å². The van der Waals surface area contributed by atoms with Crippen LogP contribution in [-0.2, 0) is 15.0 Å². The largest absolute Gasteiger partial charge is 0.298 e. The molecule has 0 amide bonds. The molecule has 4 atom stereocenters. The Balaban J connectivity index is 1.73. The Kier molecular flexibility index (Phi) is 5.01. The van der Waals surface area contributed by atoms with Gasteiger partial charge in [-0.05, 0) is 72.2 Å². The van der Waals surface area contributed by atoms with Crippen LogP contribution < -0.4 is 0 Å². The lowest BCUT2D eigenvalue weighted by Crippen LogP contribution is -2.56. The number of allylic oxidation sites excluding steroid dienone is 4. The molecule has 4 aromatic carbocycles. The van der Waals surface area contributed by atoms with E-state index in [2.05, 4.69) is 69.3 Å². The van der Waals surface area contributed by atoms with Crippen LogP contribution in [0.4, 0.5) is 0 Å². The van der Waals surface area contributed by atoms with Crippen LogP contribution in [0, 0.1) is 16.2 Å². The first kappa shape index (κ1) is 24.7. The van der Waals surface area contributed by atoms with Gasteiger partial charge >= 0.3 is 0 Å². The van der Waals surface area contributed by atoms with Crippen LogP contribution in [0.1, 0.15) is 49.9 Å². The van der Waals surface area contributed by atoms with E-state index >= 15 is 4.79 Å². The first-order valence-electron chi connectivity index (χ1n) is 14.1. The highest BCUT2D eigenvalue weighted by Crippen LogP contribution is 2.86. The van der Waals surface area contributed by atoms with Crippen molar-refractivity contribution < 1.29 is 9.59 Å². The molecule has 3 aliphatic rings. The van der Waals surface area contributed by atoms with Crippen LogP contribution in [0.3, 0.4) is 0 Å². The number of carbonyl (C=O) groups is 2. The molecule has 7 rings (SSSR count). The molecule has 0 aromatic heterocycles. The number of carbonyl (C=O) groups excluding carboxylic acids is 2. The van der Waals surface area contributed by atoms with Crippen molar-refractivity contribution in [2.75, 3.05) is 0 Å². The standard InChI is InChI=1S/C38H32O2/c1-25-30(26-17-9-5-10-18-26)38(29-23-15-8-16-24-29)36(3)32(28-21-13-7-14-22-28)31(27-19-11-6-12-20-27)35(2,34(36)40)37(38,4)33(25)39/h5-24H,1-4H3/t35-,36+,37-,38-/m0/s1. The molecule has 40 heavy (non-hydrogen) atoms. The maximum atomic E-state index is 15.4. The van der Waals surface area contributed by atoms with Crippen molar-refractivity contribution in [1.82, 2.24) is 0 Å². The van der Waals surface area contributed by atoms with E-state index in [0.29, 0.717) is 0 Å². The molecule has 2 heteroatoms. The van der Waals surface area contributed by atoms with Crippen molar-refractivity contribution >= 4 is 28.3 Å². The molecule has 1 saturated carbocycles. The molecule has 2 bridgehead atoms. The van der Waals surface area contributed by atoms with Gasteiger partial charge in [-0.15, -0.1) is 0 Å². The summed E-state index contributed by atoms with van der Waals surface area (Å²) in [7, 11) is 0. The highest BCUT2D eigenvalue weighted by molar-refractivity contribution is 6.33. The fraction of sp³-hybridized carbons (Fsp3) is 0.211. The Labute approximate surface area is 236 Å². The molecule has 196 valence electrons. The molecular weight excluding hydrogens is 488 g/mol. The third kappa shape index (κ3) is 2.47. The third-order valence-electron chi connectivity index (χ3n) is 10.6. The topological polar surface area (TPSA) is 34.1 Å². The van der Waals surface area contributed by atoms with E-state index in [1.165, 1.54) is 0 Å². The van der Waals surface area contributed by atoms with Crippen LogP contribution in [0.15, 0.2) is 127 Å². The summed E-state index contributed by atoms with van der Waals surface area (Å²) >= 11 is 0. The number of hydrogen-bond acceptors (Lipinski definition) is 2. The molecule has 0 spiro atoms. The zero-order valence-electron chi connectivity index (χ0n) is 23.4. The fourth-order valence-corrected chi connectivity index (χ4v) is 9.13. The van der Waals surface area contributed by atoms with E-state index in [1.54, 1.807) is 0 Å². The van der Waals surface area contributed by atoms with Gasteiger partial charge in [-0.1, -0.05) is 121 Å². The molecule has 1 fully saturated rings. The number of fused-ring (bicyclic) bond motifs is 5. The lowest BCUT2D eigenvalue weighted by atomic mass is 9.43. The molecule has 4 aromatic rings. The highest BCUT2D eigenvalue weighted by atomic mass is 16.1. The minimum Gasteiger partial charge on any atom is -0.298 e. The number of benzene rings is 4. The molecular formula is C38H32O2. The molecule has 0 N–H and O–H groups in total.